The van der Waals surface area contributed by atoms with Crippen molar-refractivity contribution in [2.24, 2.45) is 0 Å². The van der Waals surface area contributed by atoms with Crippen molar-refractivity contribution >= 4 is 23.3 Å². The summed E-state index contributed by atoms with van der Waals surface area (Å²) in [6.45, 7) is 0.117. The smallest absolute Gasteiger partial charge is 0.342 e. The average molecular weight is 402 g/mol. The van der Waals surface area contributed by atoms with Crippen LogP contribution in [0.25, 0.3) is 0 Å². The number of hydrogen-bond acceptors (Lipinski definition) is 8. The van der Waals surface area contributed by atoms with E-state index in [1.165, 1.54) is 25.3 Å². The highest BCUT2D eigenvalue weighted by molar-refractivity contribution is 5.98. The molecule has 1 heterocycles. The van der Waals surface area contributed by atoms with Crippen molar-refractivity contribution < 1.29 is 33.5 Å². The van der Waals surface area contributed by atoms with E-state index in [9.17, 15) is 19.7 Å². The molecule has 0 fully saturated rings. The van der Waals surface area contributed by atoms with Gasteiger partial charge in [0.2, 0.25) is 0 Å². The maximum atomic E-state index is 12.2. The molecule has 1 aliphatic heterocycles. The number of hydrogen-bond donors (Lipinski definition) is 1. The quantitative estimate of drug-likeness (QED) is 0.444. The van der Waals surface area contributed by atoms with Gasteiger partial charge in [0.1, 0.15) is 17.0 Å². The molecule has 0 saturated carbocycles. The Hall–Kier alpha value is -3.82. The summed E-state index contributed by atoms with van der Waals surface area (Å²) >= 11 is 0. The van der Waals surface area contributed by atoms with Gasteiger partial charge in [-0.05, 0) is 12.1 Å². The Morgan fingerprint density at radius 3 is 2.55 bits per heavy atom. The highest BCUT2D eigenvalue weighted by Crippen LogP contribution is 2.39. The lowest BCUT2D eigenvalue weighted by molar-refractivity contribution is -0.384. The van der Waals surface area contributed by atoms with Gasteiger partial charge in [-0.1, -0.05) is 12.1 Å². The SMILES string of the molecule is COc1ccccc1C(=O)OCC(=O)Nc1cc2c(cc1[N+](=O)[O-])OCCCO2. The number of carbonyl (C=O) groups excluding carboxylic acids is 2. The predicted molar refractivity (Wildman–Crippen MR) is 101 cm³/mol. The van der Waals surface area contributed by atoms with Crippen molar-refractivity contribution in [3.63, 3.8) is 0 Å². The van der Waals surface area contributed by atoms with Crippen LogP contribution in [0.3, 0.4) is 0 Å². The first-order valence-corrected chi connectivity index (χ1v) is 8.67. The number of anilines is 1. The Balaban J connectivity index is 1.71. The number of nitrogens with zero attached hydrogens (tertiary/aromatic N) is 1. The van der Waals surface area contributed by atoms with Gasteiger partial charge >= 0.3 is 5.97 Å². The second-order valence-electron chi connectivity index (χ2n) is 5.95. The van der Waals surface area contributed by atoms with E-state index in [1.54, 1.807) is 18.2 Å². The standard InChI is InChI=1S/C19H18N2O8/c1-26-15-6-3-2-5-12(15)19(23)29-11-18(22)20-13-9-16-17(10-14(13)21(24)25)28-8-4-7-27-16/h2-3,5-6,9-10H,4,7-8,11H2,1H3,(H,20,22). The zero-order chi connectivity index (χ0) is 20.8. The number of ether oxygens (including phenoxy) is 4. The van der Waals surface area contributed by atoms with E-state index in [-0.39, 0.29) is 28.4 Å². The monoisotopic (exact) mass is 402 g/mol. The van der Waals surface area contributed by atoms with E-state index in [0.29, 0.717) is 25.4 Å². The summed E-state index contributed by atoms with van der Waals surface area (Å²) in [4.78, 5) is 35.1. The van der Waals surface area contributed by atoms with Gasteiger partial charge in [-0.3, -0.25) is 14.9 Å². The van der Waals surface area contributed by atoms with E-state index in [1.807, 2.05) is 0 Å². The number of rotatable bonds is 6. The lowest BCUT2D eigenvalue weighted by Crippen LogP contribution is -2.21. The Bertz CT molecular complexity index is 944. The molecule has 0 atom stereocenters. The van der Waals surface area contributed by atoms with Gasteiger partial charge in [-0.25, -0.2) is 4.79 Å². The molecule has 0 radical (unpaired) electrons. The lowest BCUT2D eigenvalue weighted by Gasteiger charge is -2.12. The van der Waals surface area contributed by atoms with Crippen molar-refractivity contribution in [2.75, 3.05) is 32.2 Å². The zero-order valence-electron chi connectivity index (χ0n) is 15.5. The number of nitro groups is 1. The van der Waals surface area contributed by atoms with E-state index < -0.39 is 23.4 Å². The number of nitrogens with one attached hydrogen (secondary N) is 1. The molecule has 0 bridgehead atoms. The van der Waals surface area contributed by atoms with Crippen molar-refractivity contribution in [3.8, 4) is 17.2 Å². The van der Waals surface area contributed by atoms with Crippen molar-refractivity contribution in [1.82, 2.24) is 0 Å². The summed E-state index contributed by atoms with van der Waals surface area (Å²) in [6, 6.07) is 8.90. The average Bonchev–Trinajstić information content (AvgIpc) is 2.96. The fraction of sp³-hybridized carbons (Fsp3) is 0.263. The molecule has 3 rings (SSSR count). The maximum Gasteiger partial charge on any atom is 0.342 e. The number of para-hydroxylation sites is 1. The fourth-order valence-corrected chi connectivity index (χ4v) is 2.66. The summed E-state index contributed by atoms with van der Waals surface area (Å²) in [5, 5.41) is 13.7. The van der Waals surface area contributed by atoms with Crippen molar-refractivity contribution in [1.29, 1.82) is 0 Å². The summed E-state index contributed by atoms with van der Waals surface area (Å²) in [5.74, 6) is -0.683. The maximum absolute atomic E-state index is 12.2. The second kappa shape index (κ2) is 8.91. The Morgan fingerprint density at radius 1 is 1.17 bits per heavy atom. The molecule has 0 aromatic heterocycles. The number of fused-ring (bicyclic) bond motifs is 1. The van der Waals surface area contributed by atoms with Crippen LogP contribution >= 0.6 is 0 Å². The molecule has 0 saturated heterocycles. The molecule has 1 N–H and O–H groups in total. The minimum atomic E-state index is -0.759. The molecule has 1 aliphatic rings. The van der Waals surface area contributed by atoms with Crippen LogP contribution < -0.4 is 19.5 Å². The van der Waals surface area contributed by atoms with Crippen LogP contribution in [0.15, 0.2) is 36.4 Å². The third-order valence-electron chi connectivity index (χ3n) is 4.00. The molecular formula is C19H18N2O8. The van der Waals surface area contributed by atoms with Gasteiger partial charge in [-0.15, -0.1) is 0 Å². The Labute approximate surface area is 165 Å². The zero-order valence-corrected chi connectivity index (χ0v) is 15.5. The van der Waals surface area contributed by atoms with E-state index in [2.05, 4.69) is 5.32 Å². The summed E-state index contributed by atoms with van der Waals surface area (Å²) < 4.78 is 21.0. The number of benzene rings is 2. The molecule has 0 spiro atoms. The molecule has 0 aliphatic carbocycles. The highest BCUT2D eigenvalue weighted by Gasteiger charge is 2.23. The Kier molecular flexibility index (Phi) is 6.12. The van der Waals surface area contributed by atoms with Crippen molar-refractivity contribution in [2.45, 2.75) is 6.42 Å². The van der Waals surface area contributed by atoms with Crippen LogP contribution in [0.2, 0.25) is 0 Å². The summed E-state index contributed by atoms with van der Waals surface area (Å²) in [5.41, 5.74) is -0.291. The topological polar surface area (TPSA) is 126 Å². The summed E-state index contributed by atoms with van der Waals surface area (Å²) in [6.07, 6.45) is 0.628. The normalized spacial score (nSPS) is 12.4. The number of nitro benzene ring substituents is 1. The van der Waals surface area contributed by atoms with Crippen LogP contribution in [0.5, 0.6) is 17.2 Å². The van der Waals surface area contributed by atoms with Crippen LogP contribution in [0.1, 0.15) is 16.8 Å². The lowest BCUT2D eigenvalue weighted by atomic mass is 10.2. The molecule has 2 aromatic carbocycles. The van der Waals surface area contributed by atoms with E-state index >= 15 is 0 Å². The minimum Gasteiger partial charge on any atom is -0.496 e. The van der Waals surface area contributed by atoms with E-state index in [0.717, 1.165) is 0 Å². The van der Waals surface area contributed by atoms with Crippen LogP contribution in [-0.2, 0) is 9.53 Å². The summed E-state index contributed by atoms with van der Waals surface area (Å²) in [7, 11) is 1.40. The van der Waals surface area contributed by atoms with Crippen molar-refractivity contribution in [3.05, 3.63) is 52.1 Å². The third-order valence-corrected chi connectivity index (χ3v) is 4.00. The number of carbonyl (C=O) groups is 2. The van der Waals surface area contributed by atoms with Crippen LogP contribution in [0.4, 0.5) is 11.4 Å². The fourth-order valence-electron chi connectivity index (χ4n) is 2.66. The molecule has 2 aromatic rings. The number of amides is 1. The molecule has 152 valence electrons. The largest absolute Gasteiger partial charge is 0.496 e. The first-order valence-electron chi connectivity index (χ1n) is 8.67. The molecule has 10 nitrogen and oxygen atoms in total. The molecule has 1 amide bonds. The Morgan fingerprint density at radius 2 is 1.86 bits per heavy atom. The van der Waals surface area contributed by atoms with Gasteiger partial charge in [0.05, 0.1) is 31.3 Å². The van der Waals surface area contributed by atoms with Gasteiger partial charge in [0.15, 0.2) is 18.1 Å². The second-order valence-corrected chi connectivity index (χ2v) is 5.95. The predicted octanol–water partition coefficient (Wildman–Crippen LogP) is 2.56. The minimum absolute atomic E-state index is 0.0856. The van der Waals surface area contributed by atoms with E-state index in [4.69, 9.17) is 18.9 Å². The van der Waals surface area contributed by atoms with Gasteiger partial charge in [-0.2, -0.15) is 0 Å². The number of methoxy groups -OCH3 is 1. The highest BCUT2D eigenvalue weighted by atomic mass is 16.6. The van der Waals surface area contributed by atoms with Gasteiger partial charge in [0, 0.05) is 12.5 Å². The van der Waals surface area contributed by atoms with Crippen LogP contribution in [-0.4, -0.2) is 43.7 Å². The van der Waals surface area contributed by atoms with Crippen LogP contribution in [0, 0.1) is 10.1 Å². The first-order chi connectivity index (χ1) is 14.0. The van der Waals surface area contributed by atoms with Gasteiger partial charge in [0.25, 0.3) is 11.6 Å². The van der Waals surface area contributed by atoms with Gasteiger partial charge < -0.3 is 24.3 Å². The molecular weight excluding hydrogens is 384 g/mol. The number of esters is 1. The first kappa shape index (κ1) is 19.9. The molecule has 0 unspecified atom stereocenters. The third kappa shape index (κ3) is 4.72. The molecule has 10 heteroatoms. The molecule has 29 heavy (non-hydrogen) atoms.